The smallest absolute Gasteiger partial charge is 0.255 e. The second-order valence-corrected chi connectivity index (χ2v) is 6.01. The number of benzene rings is 1. The molecular weight excluding hydrogens is 236 g/mol. The van der Waals surface area contributed by atoms with Crippen LogP contribution in [0.5, 0.6) is 0 Å². The van der Waals surface area contributed by atoms with Crippen LogP contribution in [-0.4, -0.2) is 12.5 Å². The molecular formula is C16H22N2O. The molecule has 0 radical (unpaired) electrons. The highest BCUT2D eigenvalue weighted by atomic mass is 16.1. The van der Waals surface area contributed by atoms with Crippen LogP contribution in [0.4, 0.5) is 0 Å². The number of carbonyl (C=O) groups excluding carboxylic acids is 1. The van der Waals surface area contributed by atoms with Crippen molar-refractivity contribution in [1.29, 1.82) is 0 Å². The van der Waals surface area contributed by atoms with Gasteiger partial charge in [-0.25, -0.2) is 0 Å². The standard InChI is InChI=1S/C16H22N2O/c1-16(2,3)13-8-6-12(7-9-13)15(19)18-14-5-4-10-17-11-14/h6-9,11,17H,4-5,10H2,1-3H3,(H,18,19). The lowest BCUT2D eigenvalue weighted by atomic mass is 9.86. The topological polar surface area (TPSA) is 41.1 Å². The zero-order valence-corrected chi connectivity index (χ0v) is 11.9. The highest BCUT2D eigenvalue weighted by Crippen LogP contribution is 2.22. The first-order chi connectivity index (χ1) is 8.97. The van der Waals surface area contributed by atoms with Gasteiger partial charge >= 0.3 is 0 Å². The monoisotopic (exact) mass is 258 g/mol. The van der Waals surface area contributed by atoms with Gasteiger partial charge in [0.2, 0.25) is 0 Å². The number of carbonyl (C=O) groups is 1. The molecule has 3 nitrogen and oxygen atoms in total. The lowest BCUT2D eigenvalue weighted by molar-refractivity contribution is 0.0963. The molecule has 2 N–H and O–H groups in total. The Bertz CT molecular complexity index is 480. The molecule has 1 aliphatic rings. The molecule has 1 aromatic carbocycles. The van der Waals surface area contributed by atoms with Crippen molar-refractivity contribution in [3.8, 4) is 0 Å². The summed E-state index contributed by atoms with van der Waals surface area (Å²) in [5.41, 5.74) is 3.03. The third kappa shape index (κ3) is 3.60. The highest BCUT2D eigenvalue weighted by Gasteiger charge is 2.15. The maximum atomic E-state index is 12.1. The van der Waals surface area contributed by atoms with Gasteiger partial charge in [-0.15, -0.1) is 0 Å². The van der Waals surface area contributed by atoms with Gasteiger partial charge in [-0.05, 0) is 36.0 Å². The van der Waals surface area contributed by atoms with Gasteiger partial charge in [0.25, 0.3) is 5.91 Å². The molecule has 1 heterocycles. The molecule has 19 heavy (non-hydrogen) atoms. The van der Waals surface area contributed by atoms with Gasteiger partial charge in [0.15, 0.2) is 0 Å². The summed E-state index contributed by atoms with van der Waals surface area (Å²) in [5.74, 6) is -0.0320. The minimum atomic E-state index is -0.0320. The van der Waals surface area contributed by atoms with E-state index in [0.717, 1.165) is 25.1 Å². The van der Waals surface area contributed by atoms with Crippen LogP contribution in [-0.2, 0) is 5.41 Å². The van der Waals surface area contributed by atoms with E-state index >= 15 is 0 Å². The molecule has 1 aliphatic heterocycles. The molecule has 0 saturated heterocycles. The summed E-state index contributed by atoms with van der Waals surface area (Å²) in [4.78, 5) is 12.1. The summed E-state index contributed by atoms with van der Waals surface area (Å²) >= 11 is 0. The van der Waals surface area contributed by atoms with E-state index in [1.54, 1.807) is 0 Å². The second kappa shape index (κ2) is 5.47. The van der Waals surface area contributed by atoms with Gasteiger partial charge in [0.1, 0.15) is 0 Å². The first kappa shape index (κ1) is 13.7. The molecule has 3 heteroatoms. The van der Waals surface area contributed by atoms with Crippen LogP contribution in [0.3, 0.4) is 0 Å². The van der Waals surface area contributed by atoms with Gasteiger partial charge in [0.05, 0.1) is 0 Å². The van der Waals surface area contributed by atoms with Gasteiger partial charge in [-0.2, -0.15) is 0 Å². The van der Waals surface area contributed by atoms with Gasteiger partial charge in [0, 0.05) is 24.0 Å². The number of amides is 1. The SMILES string of the molecule is CC(C)(C)c1ccc(C(=O)NC2=CNCCC2)cc1. The molecule has 1 aromatic rings. The largest absolute Gasteiger partial charge is 0.389 e. The fraction of sp³-hybridized carbons (Fsp3) is 0.438. The van der Waals surface area contributed by atoms with Crippen molar-refractivity contribution in [1.82, 2.24) is 10.6 Å². The lowest BCUT2D eigenvalue weighted by Crippen LogP contribution is -2.27. The number of allylic oxidation sites excluding steroid dienone is 1. The molecule has 0 aromatic heterocycles. The molecule has 0 atom stereocenters. The minimum Gasteiger partial charge on any atom is -0.389 e. The van der Waals surface area contributed by atoms with E-state index in [1.807, 2.05) is 30.5 Å². The molecule has 1 amide bonds. The van der Waals surface area contributed by atoms with Crippen molar-refractivity contribution in [3.05, 3.63) is 47.3 Å². The summed E-state index contributed by atoms with van der Waals surface area (Å²) in [6.45, 7) is 7.49. The number of hydrogen-bond acceptors (Lipinski definition) is 2. The van der Waals surface area contributed by atoms with Crippen molar-refractivity contribution in [2.24, 2.45) is 0 Å². The minimum absolute atomic E-state index is 0.0320. The molecule has 0 bridgehead atoms. The Morgan fingerprint density at radius 2 is 1.89 bits per heavy atom. The van der Waals surface area contributed by atoms with Crippen molar-refractivity contribution < 1.29 is 4.79 Å². The van der Waals surface area contributed by atoms with Gasteiger partial charge < -0.3 is 10.6 Å². The maximum absolute atomic E-state index is 12.1. The van der Waals surface area contributed by atoms with Crippen LogP contribution >= 0.6 is 0 Å². The molecule has 0 spiro atoms. The Kier molecular flexibility index (Phi) is 3.93. The predicted molar refractivity (Wildman–Crippen MR) is 77.9 cm³/mol. The molecule has 2 rings (SSSR count). The molecule has 102 valence electrons. The normalized spacial score (nSPS) is 15.4. The predicted octanol–water partition coefficient (Wildman–Crippen LogP) is 2.94. The average Bonchev–Trinajstić information content (AvgIpc) is 2.39. The van der Waals surface area contributed by atoms with E-state index in [-0.39, 0.29) is 11.3 Å². The van der Waals surface area contributed by atoms with E-state index in [0.29, 0.717) is 5.56 Å². The third-order valence-corrected chi connectivity index (χ3v) is 3.33. The van der Waals surface area contributed by atoms with E-state index in [1.165, 1.54) is 5.56 Å². The van der Waals surface area contributed by atoms with Crippen LogP contribution < -0.4 is 10.6 Å². The Hall–Kier alpha value is -1.77. The Morgan fingerprint density at radius 3 is 2.42 bits per heavy atom. The van der Waals surface area contributed by atoms with Gasteiger partial charge in [-0.1, -0.05) is 32.9 Å². The number of rotatable bonds is 2. The fourth-order valence-electron chi connectivity index (χ4n) is 2.09. The zero-order valence-electron chi connectivity index (χ0n) is 11.9. The van der Waals surface area contributed by atoms with E-state index in [9.17, 15) is 4.79 Å². The molecule has 0 aliphatic carbocycles. The first-order valence-electron chi connectivity index (χ1n) is 6.81. The van der Waals surface area contributed by atoms with E-state index in [2.05, 4.69) is 31.4 Å². The number of hydrogen-bond donors (Lipinski definition) is 2. The Balaban J connectivity index is 2.05. The van der Waals surface area contributed by atoms with Crippen LogP contribution in [0, 0.1) is 0 Å². The van der Waals surface area contributed by atoms with Crippen molar-refractivity contribution in [2.75, 3.05) is 6.54 Å². The van der Waals surface area contributed by atoms with Gasteiger partial charge in [-0.3, -0.25) is 4.79 Å². The summed E-state index contributed by atoms with van der Waals surface area (Å²) in [6, 6.07) is 7.85. The van der Waals surface area contributed by atoms with Crippen molar-refractivity contribution >= 4 is 5.91 Å². The highest BCUT2D eigenvalue weighted by molar-refractivity contribution is 5.95. The van der Waals surface area contributed by atoms with Crippen molar-refractivity contribution in [2.45, 2.75) is 39.0 Å². The summed E-state index contributed by atoms with van der Waals surface area (Å²) < 4.78 is 0. The Labute approximate surface area is 115 Å². The van der Waals surface area contributed by atoms with Crippen LogP contribution in [0.25, 0.3) is 0 Å². The van der Waals surface area contributed by atoms with Crippen molar-refractivity contribution in [3.63, 3.8) is 0 Å². The van der Waals surface area contributed by atoms with E-state index < -0.39 is 0 Å². The quantitative estimate of drug-likeness (QED) is 0.856. The maximum Gasteiger partial charge on any atom is 0.255 e. The molecule has 0 unspecified atom stereocenters. The third-order valence-electron chi connectivity index (χ3n) is 3.33. The molecule has 0 saturated carbocycles. The first-order valence-corrected chi connectivity index (χ1v) is 6.81. The second-order valence-electron chi connectivity index (χ2n) is 6.01. The number of nitrogens with one attached hydrogen (secondary N) is 2. The summed E-state index contributed by atoms with van der Waals surface area (Å²) in [7, 11) is 0. The van der Waals surface area contributed by atoms with E-state index in [4.69, 9.17) is 0 Å². The summed E-state index contributed by atoms with van der Waals surface area (Å²) in [6.07, 6.45) is 3.89. The van der Waals surface area contributed by atoms with Crippen LogP contribution in [0.15, 0.2) is 36.2 Å². The molecule has 0 fully saturated rings. The summed E-state index contributed by atoms with van der Waals surface area (Å²) in [5, 5.41) is 6.10. The van der Waals surface area contributed by atoms with Crippen LogP contribution in [0.2, 0.25) is 0 Å². The lowest BCUT2D eigenvalue weighted by Gasteiger charge is -2.19. The average molecular weight is 258 g/mol. The fourth-order valence-corrected chi connectivity index (χ4v) is 2.09. The van der Waals surface area contributed by atoms with Crippen LogP contribution in [0.1, 0.15) is 49.5 Å². The zero-order chi connectivity index (χ0) is 13.9. The Morgan fingerprint density at radius 1 is 1.21 bits per heavy atom.